The standard InChI is InChI=1S/C16H17N3O/c1-11(13-4-2-12(10-17)3-5-13)19-16-14-7-9-20-15(14)6-8-18-16/h2-9,11H,10,17H2,1H3,(H,18,19). The Balaban J connectivity index is 1.84. The van der Waals surface area contributed by atoms with E-state index in [1.807, 2.05) is 12.1 Å². The fraction of sp³-hybridized carbons (Fsp3) is 0.188. The number of pyridine rings is 1. The van der Waals surface area contributed by atoms with Gasteiger partial charge in [-0.25, -0.2) is 4.98 Å². The van der Waals surface area contributed by atoms with Crippen molar-refractivity contribution in [1.29, 1.82) is 0 Å². The molecule has 1 atom stereocenters. The van der Waals surface area contributed by atoms with Crippen molar-refractivity contribution in [3.8, 4) is 0 Å². The lowest BCUT2D eigenvalue weighted by atomic mass is 10.1. The molecule has 4 heteroatoms. The molecule has 0 bridgehead atoms. The summed E-state index contributed by atoms with van der Waals surface area (Å²) in [6, 6.07) is 12.2. The van der Waals surface area contributed by atoms with Crippen LogP contribution in [0.1, 0.15) is 24.1 Å². The first-order valence-electron chi connectivity index (χ1n) is 6.65. The Hall–Kier alpha value is -2.33. The van der Waals surface area contributed by atoms with Crippen LogP contribution in [-0.2, 0) is 6.54 Å². The molecule has 1 aromatic carbocycles. The second kappa shape index (κ2) is 5.35. The normalized spacial score (nSPS) is 12.5. The number of nitrogens with zero attached hydrogens (tertiary/aromatic N) is 1. The molecule has 102 valence electrons. The summed E-state index contributed by atoms with van der Waals surface area (Å²) in [5.41, 5.74) is 8.79. The summed E-state index contributed by atoms with van der Waals surface area (Å²) < 4.78 is 5.38. The topological polar surface area (TPSA) is 64.1 Å². The van der Waals surface area contributed by atoms with Gasteiger partial charge in [0.15, 0.2) is 0 Å². The molecule has 3 N–H and O–H groups in total. The summed E-state index contributed by atoms with van der Waals surface area (Å²) >= 11 is 0. The minimum absolute atomic E-state index is 0.162. The largest absolute Gasteiger partial charge is 0.464 e. The van der Waals surface area contributed by atoms with E-state index >= 15 is 0 Å². The van der Waals surface area contributed by atoms with Crippen molar-refractivity contribution in [2.24, 2.45) is 5.73 Å². The Bertz CT molecular complexity index is 703. The average molecular weight is 267 g/mol. The Kier molecular flexibility index (Phi) is 3.39. The monoisotopic (exact) mass is 267 g/mol. The number of fused-ring (bicyclic) bond motifs is 1. The highest BCUT2D eigenvalue weighted by molar-refractivity contribution is 5.87. The molecule has 0 aliphatic heterocycles. The van der Waals surface area contributed by atoms with Gasteiger partial charge in [-0.05, 0) is 30.2 Å². The number of furan rings is 1. The van der Waals surface area contributed by atoms with Gasteiger partial charge in [0.05, 0.1) is 11.6 Å². The fourth-order valence-electron chi connectivity index (χ4n) is 2.24. The Morgan fingerprint density at radius 1 is 1.20 bits per heavy atom. The quantitative estimate of drug-likeness (QED) is 0.759. The molecule has 0 saturated heterocycles. The van der Waals surface area contributed by atoms with Gasteiger partial charge in [-0.3, -0.25) is 0 Å². The SMILES string of the molecule is CC(Nc1nccc2occc12)c1ccc(CN)cc1. The van der Waals surface area contributed by atoms with E-state index in [2.05, 4.69) is 41.5 Å². The number of benzene rings is 1. The number of rotatable bonds is 4. The number of anilines is 1. The van der Waals surface area contributed by atoms with Gasteiger partial charge in [0, 0.05) is 18.8 Å². The Morgan fingerprint density at radius 2 is 2.00 bits per heavy atom. The van der Waals surface area contributed by atoms with Crippen LogP contribution in [0.25, 0.3) is 11.0 Å². The predicted molar refractivity (Wildman–Crippen MR) is 80.4 cm³/mol. The number of hydrogen-bond donors (Lipinski definition) is 2. The van der Waals surface area contributed by atoms with Crippen molar-refractivity contribution in [2.45, 2.75) is 19.5 Å². The highest BCUT2D eigenvalue weighted by Crippen LogP contribution is 2.25. The molecule has 2 aromatic heterocycles. The molecule has 0 spiro atoms. The third-order valence-electron chi connectivity index (χ3n) is 3.45. The molecule has 0 fully saturated rings. The lowest BCUT2D eigenvalue weighted by molar-refractivity contribution is 0.615. The molecular weight excluding hydrogens is 250 g/mol. The molecule has 20 heavy (non-hydrogen) atoms. The van der Waals surface area contributed by atoms with E-state index in [1.54, 1.807) is 12.5 Å². The lowest BCUT2D eigenvalue weighted by Gasteiger charge is -2.15. The summed E-state index contributed by atoms with van der Waals surface area (Å²) in [6.07, 6.45) is 3.43. The van der Waals surface area contributed by atoms with Crippen LogP contribution in [-0.4, -0.2) is 4.98 Å². The number of nitrogens with two attached hydrogens (primary N) is 1. The van der Waals surface area contributed by atoms with Gasteiger partial charge in [-0.1, -0.05) is 24.3 Å². The highest BCUT2D eigenvalue weighted by atomic mass is 16.3. The first-order chi connectivity index (χ1) is 9.78. The summed E-state index contributed by atoms with van der Waals surface area (Å²) in [6.45, 7) is 2.68. The molecule has 3 aromatic rings. The van der Waals surface area contributed by atoms with Gasteiger partial charge < -0.3 is 15.5 Å². The molecule has 4 nitrogen and oxygen atoms in total. The summed E-state index contributed by atoms with van der Waals surface area (Å²) in [5.74, 6) is 0.839. The molecule has 3 rings (SSSR count). The smallest absolute Gasteiger partial charge is 0.139 e. The molecule has 0 aliphatic rings. The van der Waals surface area contributed by atoms with Crippen molar-refractivity contribution in [2.75, 3.05) is 5.32 Å². The van der Waals surface area contributed by atoms with Gasteiger partial charge in [0.2, 0.25) is 0 Å². The zero-order chi connectivity index (χ0) is 13.9. The van der Waals surface area contributed by atoms with Crippen LogP contribution < -0.4 is 11.1 Å². The Morgan fingerprint density at radius 3 is 2.75 bits per heavy atom. The zero-order valence-electron chi connectivity index (χ0n) is 11.3. The minimum atomic E-state index is 0.162. The van der Waals surface area contributed by atoms with Gasteiger partial charge in [0.1, 0.15) is 11.4 Å². The summed E-state index contributed by atoms with van der Waals surface area (Å²) in [4.78, 5) is 4.39. The van der Waals surface area contributed by atoms with Gasteiger partial charge in [-0.15, -0.1) is 0 Å². The summed E-state index contributed by atoms with van der Waals surface area (Å²) in [5, 5.41) is 4.42. The average Bonchev–Trinajstić information content (AvgIpc) is 2.97. The van der Waals surface area contributed by atoms with Crippen LogP contribution in [0.5, 0.6) is 0 Å². The van der Waals surface area contributed by atoms with Crippen molar-refractivity contribution in [3.05, 3.63) is 60.0 Å². The van der Waals surface area contributed by atoms with E-state index in [-0.39, 0.29) is 6.04 Å². The van der Waals surface area contributed by atoms with E-state index in [4.69, 9.17) is 10.2 Å². The van der Waals surface area contributed by atoms with Crippen LogP contribution >= 0.6 is 0 Å². The van der Waals surface area contributed by atoms with Crippen LogP contribution in [0.4, 0.5) is 5.82 Å². The first-order valence-corrected chi connectivity index (χ1v) is 6.65. The van der Waals surface area contributed by atoms with E-state index in [9.17, 15) is 0 Å². The molecule has 0 saturated carbocycles. The number of aromatic nitrogens is 1. The molecule has 0 amide bonds. The minimum Gasteiger partial charge on any atom is -0.464 e. The highest BCUT2D eigenvalue weighted by Gasteiger charge is 2.09. The van der Waals surface area contributed by atoms with Crippen molar-refractivity contribution in [1.82, 2.24) is 4.98 Å². The van der Waals surface area contributed by atoms with E-state index in [0.29, 0.717) is 6.54 Å². The van der Waals surface area contributed by atoms with Crippen molar-refractivity contribution in [3.63, 3.8) is 0 Å². The fourth-order valence-corrected chi connectivity index (χ4v) is 2.24. The second-order valence-electron chi connectivity index (χ2n) is 4.80. The van der Waals surface area contributed by atoms with E-state index in [1.165, 1.54) is 5.56 Å². The van der Waals surface area contributed by atoms with E-state index < -0.39 is 0 Å². The van der Waals surface area contributed by atoms with Gasteiger partial charge >= 0.3 is 0 Å². The molecular formula is C16H17N3O. The van der Waals surface area contributed by atoms with Gasteiger partial charge in [-0.2, -0.15) is 0 Å². The van der Waals surface area contributed by atoms with Crippen LogP contribution in [0, 0.1) is 0 Å². The first kappa shape index (κ1) is 12.7. The summed E-state index contributed by atoms with van der Waals surface area (Å²) in [7, 11) is 0. The maximum Gasteiger partial charge on any atom is 0.139 e. The van der Waals surface area contributed by atoms with Crippen molar-refractivity contribution < 1.29 is 4.42 Å². The maximum absolute atomic E-state index is 5.61. The van der Waals surface area contributed by atoms with Gasteiger partial charge in [0.25, 0.3) is 0 Å². The van der Waals surface area contributed by atoms with Crippen LogP contribution in [0.3, 0.4) is 0 Å². The third kappa shape index (κ3) is 2.38. The third-order valence-corrected chi connectivity index (χ3v) is 3.45. The van der Waals surface area contributed by atoms with Crippen LogP contribution in [0.15, 0.2) is 53.3 Å². The predicted octanol–water partition coefficient (Wildman–Crippen LogP) is 3.46. The molecule has 2 heterocycles. The van der Waals surface area contributed by atoms with Crippen LogP contribution in [0.2, 0.25) is 0 Å². The number of hydrogen-bond acceptors (Lipinski definition) is 4. The lowest BCUT2D eigenvalue weighted by Crippen LogP contribution is -2.08. The van der Waals surface area contributed by atoms with E-state index in [0.717, 1.165) is 22.4 Å². The molecule has 0 aliphatic carbocycles. The Labute approximate surface area is 117 Å². The molecule has 0 radical (unpaired) electrons. The zero-order valence-corrected chi connectivity index (χ0v) is 11.3. The molecule has 1 unspecified atom stereocenters. The maximum atomic E-state index is 5.61. The van der Waals surface area contributed by atoms with Crippen molar-refractivity contribution >= 4 is 16.8 Å². The second-order valence-corrected chi connectivity index (χ2v) is 4.80. The number of nitrogens with one attached hydrogen (secondary N) is 1.